The van der Waals surface area contributed by atoms with Crippen LogP contribution in [0.2, 0.25) is 0 Å². The molecule has 68 valence electrons. The van der Waals surface area contributed by atoms with E-state index in [0.717, 1.165) is 12.0 Å². The molecule has 0 bridgehead atoms. The minimum Gasteiger partial charge on any atom is -0.478 e. The Morgan fingerprint density at radius 1 is 1.38 bits per heavy atom. The molecule has 0 amide bonds. The molecular weight excluding hydrogens is 164 g/mol. The molecule has 0 atom stereocenters. The fourth-order valence-corrected chi connectivity index (χ4v) is 0.991. The number of carbonyl (C=O) groups is 1. The van der Waals surface area contributed by atoms with Crippen molar-refractivity contribution in [3.63, 3.8) is 0 Å². The number of carboxylic acid groups (broad SMARTS) is 1. The van der Waals surface area contributed by atoms with E-state index in [2.05, 4.69) is 6.92 Å². The summed E-state index contributed by atoms with van der Waals surface area (Å²) in [4.78, 5) is 10.5. The van der Waals surface area contributed by atoms with Gasteiger partial charge in [-0.25, -0.2) is 4.79 Å². The summed E-state index contributed by atoms with van der Waals surface area (Å²) in [6.07, 6.45) is 5.00. The van der Waals surface area contributed by atoms with E-state index in [1.807, 2.05) is 12.2 Å². The maximum Gasteiger partial charge on any atom is 0.335 e. The van der Waals surface area contributed by atoms with E-state index in [1.165, 1.54) is 0 Å². The van der Waals surface area contributed by atoms with Crippen molar-refractivity contribution in [3.05, 3.63) is 41.5 Å². The zero-order valence-corrected chi connectivity index (χ0v) is 7.53. The number of aromatic carboxylic acids is 1. The van der Waals surface area contributed by atoms with E-state index < -0.39 is 5.97 Å². The van der Waals surface area contributed by atoms with E-state index in [0.29, 0.717) is 5.56 Å². The topological polar surface area (TPSA) is 37.3 Å². The van der Waals surface area contributed by atoms with Crippen molar-refractivity contribution in [2.45, 2.75) is 13.3 Å². The first kappa shape index (κ1) is 9.52. The smallest absolute Gasteiger partial charge is 0.335 e. The Balaban J connectivity index is 2.81. The van der Waals surface area contributed by atoms with E-state index in [9.17, 15) is 4.79 Å². The minimum absolute atomic E-state index is 0.327. The molecule has 1 rings (SSSR count). The molecule has 0 spiro atoms. The molecule has 0 aliphatic rings. The van der Waals surface area contributed by atoms with Crippen LogP contribution in [0.4, 0.5) is 0 Å². The van der Waals surface area contributed by atoms with Crippen LogP contribution >= 0.6 is 0 Å². The van der Waals surface area contributed by atoms with E-state index in [1.54, 1.807) is 24.3 Å². The summed E-state index contributed by atoms with van der Waals surface area (Å²) in [6, 6.07) is 6.82. The first-order valence-corrected chi connectivity index (χ1v) is 4.24. The Labute approximate surface area is 77.5 Å². The zero-order chi connectivity index (χ0) is 9.68. The van der Waals surface area contributed by atoms with Crippen LogP contribution in [0.15, 0.2) is 30.3 Å². The van der Waals surface area contributed by atoms with Gasteiger partial charge in [0.15, 0.2) is 0 Å². The highest BCUT2D eigenvalue weighted by Crippen LogP contribution is 2.06. The fourth-order valence-electron chi connectivity index (χ4n) is 0.991. The van der Waals surface area contributed by atoms with Crippen LogP contribution in [0.25, 0.3) is 6.08 Å². The fraction of sp³-hybridized carbons (Fsp3) is 0.182. The van der Waals surface area contributed by atoms with Gasteiger partial charge in [0.2, 0.25) is 0 Å². The van der Waals surface area contributed by atoms with Gasteiger partial charge in [0.25, 0.3) is 0 Å². The largest absolute Gasteiger partial charge is 0.478 e. The minimum atomic E-state index is -0.883. The Morgan fingerprint density at radius 3 is 2.46 bits per heavy atom. The van der Waals surface area contributed by atoms with Gasteiger partial charge in [0.05, 0.1) is 5.56 Å². The monoisotopic (exact) mass is 176 g/mol. The van der Waals surface area contributed by atoms with Gasteiger partial charge in [0, 0.05) is 0 Å². The third-order valence-electron chi connectivity index (χ3n) is 1.70. The highest BCUT2D eigenvalue weighted by atomic mass is 16.4. The van der Waals surface area contributed by atoms with Crippen LogP contribution in [0.3, 0.4) is 0 Å². The average molecular weight is 176 g/mol. The molecule has 2 nitrogen and oxygen atoms in total. The highest BCUT2D eigenvalue weighted by molar-refractivity contribution is 5.87. The van der Waals surface area contributed by atoms with E-state index >= 15 is 0 Å². The summed E-state index contributed by atoms with van der Waals surface area (Å²) < 4.78 is 0. The number of hydrogen-bond donors (Lipinski definition) is 1. The van der Waals surface area contributed by atoms with Crippen molar-refractivity contribution in [3.8, 4) is 0 Å². The third-order valence-corrected chi connectivity index (χ3v) is 1.70. The summed E-state index contributed by atoms with van der Waals surface area (Å²) in [5, 5.41) is 8.63. The molecule has 0 aliphatic heterocycles. The van der Waals surface area contributed by atoms with E-state index in [-0.39, 0.29) is 0 Å². The van der Waals surface area contributed by atoms with Crippen LogP contribution in [0.5, 0.6) is 0 Å². The lowest BCUT2D eigenvalue weighted by Crippen LogP contribution is -1.94. The molecule has 1 aromatic carbocycles. The van der Waals surface area contributed by atoms with Gasteiger partial charge in [-0.2, -0.15) is 0 Å². The van der Waals surface area contributed by atoms with Crippen LogP contribution in [-0.4, -0.2) is 11.1 Å². The first-order valence-electron chi connectivity index (χ1n) is 4.24. The van der Waals surface area contributed by atoms with Crippen LogP contribution < -0.4 is 0 Å². The summed E-state index contributed by atoms with van der Waals surface area (Å²) >= 11 is 0. The van der Waals surface area contributed by atoms with Crippen molar-refractivity contribution >= 4 is 12.0 Å². The summed E-state index contributed by atoms with van der Waals surface area (Å²) in [5.74, 6) is -0.883. The molecule has 2 heteroatoms. The van der Waals surface area contributed by atoms with E-state index in [4.69, 9.17) is 5.11 Å². The molecule has 0 aromatic heterocycles. The zero-order valence-electron chi connectivity index (χ0n) is 7.53. The van der Waals surface area contributed by atoms with Crippen molar-refractivity contribution < 1.29 is 9.90 Å². The number of rotatable bonds is 3. The molecule has 1 aromatic rings. The Kier molecular flexibility index (Phi) is 3.26. The summed E-state index contributed by atoms with van der Waals surface area (Å²) in [6.45, 7) is 2.06. The van der Waals surface area contributed by atoms with Crippen molar-refractivity contribution in [2.75, 3.05) is 0 Å². The second-order valence-electron chi connectivity index (χ2n) is 2.74. The summed E-state index contributed by atoms with van der Waals surface area (Å²) in [7, 11) is 0. The third kappa shape index (κ3) is 2.75. The lowest BCUT2D eigenvalue weighted by Gasteiger charge is -1.95. The molecule has 1 N–H and O–H groups in total. The molecule has 0 aliphatic carbocycles. The molecule has 0 fully saturated rings. The lowest BCUT2D eigenvalue weighted by molar-refractivity contribution is 0.0697. The molecule has 0 saturated carbocycles. The number of carboxylic acids is 1. The van der Waals surface area contributed by atoms with Gasteiger partial charge in [-0.1, -0.05) is 31.2 Å². The predicted octanol–water partition coefficient (Wildman–Crippen LogP) is 2.81. The van der Waals surface area contributed by atoms with Gasteiger partial charge in [-0.05, 0) is 24.1 Å². The maximum atomic E-state index is 10.5. The van der Waals surface area contributed by atoms with Crippen molar-refractivity contribution in [1.82, 2.24) is 0 Å². The molecule has 0 saturated heterocycles. The second kappa shape index (κ2) is 4.45. The number of allylic oxidation sites excluding steroid dienone is 1. The highest BCUT2D eigenvalue weighted by Gasteiger charge is 1.99. The number of hydrogen-bond acceptors (Lipinski definition) is 1. The molecule has 0 heterocycles. The van der Waals surface area contributed by atoms with Gasteiger partial charge in [-0.15, -0.1) is 0 Å². The van der Waals surface area contributed by atoms with Gasteiger partial charge in [0.1, 0.15) is 0 Å². The molecular formula is C11H12O2. The predicted molar refractivity (Wildman–Crippen MR) is 52.7 cm³/mol. The second-order valence-corrected chi connectivity index (χ2v) is 2.74. The molecule has 0 unspecified atom stereocenters. The van der Waals surface area contributed by atoms with Gasteiger partial charge < -0.3 is 5.11 Å². The van der Waals surface area contributed by atoms with Crippen molar-refractivity contribution in [2.24, 2.45) is 0 Å². The van der Waals surface area contributed by atoms with Crippen LogP contribution in [-0.2, 0) is 0 Å². The van der Waals surface area contributed by atoms with Crippen LogP contribution in [0.1, 0.15) is 29.3 Å². The normalized spacial score (nSPS) is 10.5. The Morgan fingerprint density at radius 2 is 2.00 bits per heavy atom. The van der Waals surface area contributed by atoms with Gasteiger partial charge in [-0.3, -0.25) is 0 Å². The quantitative estimate of drug-likeness (QED) is 0.768. The standard InChI is InChI=1S/C11H12O2/c1-2-3-4-9-5-7-10(8-6-9)11(12)13/h3-8H,2H2,1H3,(H,12,13)/b4-3+. The average Bonchev–Trinajstić information content (AvgIpc) is 2.15. The lowest BCUT2D eigenvalue weighted by atomic mass is 10.1. The van der Waals surface area contributed by atoms with Crippen LogP contribution in [0, 0.1) is 0 Å². The molecule has 13 heavy (non-hydrogen) atoms. The maximum absolute atomic E-state index is 10.5. The summed E-state index contributed by atoms with van der Waals surface area (Å²) in [5.41, 5.74) is 1.36. The first-order chi connectivity index (χ1) is 6.24. The van der Waals surface area contributed by atoms with Crippen molar-refractivity contribution in [1.29, 1.82) is 0 Å². The number of benzene rings is 1. The SMILES string of the molecule is CC/C=C/c1ccc(C(=O)O)cc1. The Hall–Kier alpha value is -1.57. The Bertz CT molecular complexity index is 309. The molecule has 0 radical (unpaired) electrons. The van der Waals surface area contributed by atoms with Gasteiger partial charge >= 0.3 is 5.97 Å².